The molecule has 3 rings (SSSR count). The maximum Gasteiger partial charge on any atom is 2.00 e. The molecule has 0 spiro atoms. The number of hydrogen-bond donors (Lipinski definition) is 2. The maximum atomic E-state index is 11.7. The van der Waals surface area contributed by atoms with Crippen molar-refractivity contribution in [2.75, 3.05) is 59.4 Å². The third kappa shape index (κ3) is 13.5. The predicted molar refractivity (Wildman–Crippen MR) is 145 cm³/mol. The van der Waals surface area contributed by atoms with Crippen molar-refractivity contribution in [3.8, 4) is 0 Å². The minimum Gasteiger partial charge on any atom is -0.676 e. The van der Waals surface area contributed by atoms with E-state index >= 15 is 0 Å². The molecule has 3 aliphatic rings. The van der Waals surface area contributed by atoms with Crippen LogP contribution in [0, 0.1) is 5.41 Å². The van der Waals surface area contributed by atoms with E-state index in [-0.39, 0.29) is 90.6 Å². The fourth-order valence-corrected chi connectivity index (χ4v) is 4.34. The average Bonchev–Trinajstić information content (AvgIpc) is 3.24. The number of ether oxygens (including phenoxy) is 5. The molecule has 246 valence electrons. The Morgan fingerprint density at radius 1 is 0.767 bits per heavy atom. The predicted octanol–water partition coefficient (Wildman–Crippen LogP) is 1.63. The molecule has 0 aromatic carbocycles. The monoisotopic (exact) mass is 794 g/mol. The number of amides is 2. The van der Waals surface area contributed by atoms with Crippen LogP contribution in [0.3, 0.4) is 0 Å². The Labute approximate surface area is 264 Å². The van der Waals surface area contributed by atoms with Crippen LogP contribution in [-0.4, -0.2) is 122 Å². The van der Waals surface area contributed by atoms with Gasteiger partial charge in [-0.25, -0.2) is 0 Å². The van der Waals surface area contributed by atoms with Gasteiger partial charge in [-0.2, -0.15) is 12.1 Å². The molecule has 16 heteroatoms. The van der Waals surface area contributed by atoms with Crippen molar-refractivity contribution in [3.05, 3.63) is 23.6 Å². The number of carboxylic acid groups (broad SMARTS) is 2. The fourth-order valence-electron chi connectivity index (χ4n) is 4.34. The van der Waals surface area contributed by atoms with E-state index in [1.165, 1.54) is 25.0 Å². The number of aliphatic carboxylic acids is 2. The molecule has 2 fully saturated rings. The molecule has 2 unspecified atom stereocenters. The van der Waals surface area contributed by atoms with Crippen molar-refractivity contribution in [2.45, 2.75) is 63.1 Å². The van der Waals surface area contributed by atoms with Gasteiger partial charge in [0.25, 0.3) is 11.8 Å². The van der Waals surface area contributed by atoms with Crippen molar-refractivity contribution in [1.82, 2.24) is 4.90 Å². The van der Waals surface area contributed by atoms with Gasteiger partial charge in [0.15, 0.2) is 5.41 Å². The number of rotatable bonds is 18. The number of imide groups is 1. The molecule has 0 saturated heterocycles. The van der Waals surface area contributed by atoms with Gasteiger partial charge in [-0.05, 0) is 0 Å². The van der Waals surface area contributed by atoms with Gasteiger partial charge < -0.3 is 45.4 Å². The molecule has 2 aliphatic carbocycles. The average molecular weight is 795 g/mol. The summed E-state index contributed by atoms with van der Waals surface area (Å²) in [6.07, 6.45) is 5.44. The van der Waals surface area contributed by atoms with Gasteiger partial charge >= 0.3 is 39.0 Å². The van der Waals surface area contributed by atoms with Crippen LogP contribution in [-0.2, 0) is 68.7 Å². The van der Waals surface area contributed by atoms with Crippen molar-refractivity contribution in [2.24, 2.45) is 5.41 Å². The number of nitrogens with one attached hydrogen (secondary N) is 2. The third-order valence-corrected chi connectivity index (χ3v) is 6.96. The van der Waals surface area contributed by atoms with Crippen LogP contribution >= 0.6 is 0 Å². The second-order valence-electron chi connectivity index (χ2n) is 10.1. The van der Waals surface area contributed by atoms with Crippen LogP contribution in [0.1, 0.15) is 44.9 Å². The molecule has 1 aliphatic heterocycles. The van der Waals surface area contributed by atoms with Gasteiger partial charge in [-0.1, -0.05) is 25.7 Å². The molecule has 15 nitrogen and oxygen atoms in total. The zero-order valence-corrected chi connectivity index (χ0v) is 26.2. The van der Waals surface area contributed by atoms with Crippen molar-refractivity contribution in [3.63, 3.8) is 0 Å². The summed E-state index contributed by atoms with van der Waals surface area (Å²) in [7, 11) is 0. The third-order valence-electron chi connectivity index (χ3n) is 6.96. The number of esters is 1. The number of carbonyl (C=O) groups excluding carboxylic acids is 3. The summed E-state index contributed by atoms with van der Waals surface area (Å²) in [5.74, 6) is -4.13. The second-order valence-corrected chi connectivity index (χ2v) is 10.1. The van der Waals surface area contributed by atoms with E-state index in [2.05, 4.69) is 0 Å². The Hall–Kier alpha value is -2.26. The summed E-state index contributed by atoms with van der Waals surface area (Å²) in [4.78, 5) is 57.6. The zero-order chi connectivity index (χ0) is 31.0. The molecule has 0 bridgehead atoms. The molecule has 1 heterocycles. The SMILES string of the molecule is O=C(CCOCCOCCOCCOCCN1C(=O)C=CC1=O)OC1CC(C(=O)O)(C(=O)O)C1.[NH-]C1CCCCC1[NH-].[Pt+2]. The number of hydrogen-bond acceptors (Lipinski definition) is 10. The van der Waals surface area contributed by atoms with E-state index < -0.39 is 29.4 Å². The number of carbonyl (C=O) groups is 5. The standard InChI is InChI=1S/C21H29NO12.C6H12N2.Pt/c23-16-1-2-17(24)22(16)4-6-31-8-10-33-12-11-32-9-7-30-5-3-18(25)34-15-13-21(14-15,19(26)27)20(28)29;7-5-3-1-2-4-6(5)8;/h1-2,15H,3-14H2,(H,26,27)(H,28,29);5-8H,1-4H2;/q;-2;+2. The molecule has 2 amide bonds. The molecule has 2 atom stereocenters. The van der Waals surface area contributed by atoms with Crippen LogP contribution in [0.2, 0.25) is 0 Å². The topological polar surface area (TPSA) is 223 Å². The minimum absolute atomic E-state index is 0. The van der Waals surface area contributed by atoms with Gasteiger partial charge in [0.1, 0.15) is 6.10 Å². The summed E-state index contributed by atoms with van der Waals surface area (Å²) in [6, 6.07) is -0.160. The molecule has 43 heavy (non-hydrogen) atoms. The smallest absolute Gasteiger partial charge is 0.676 e. The van der Waals surface area contributed by atoms with E-state index in [1.807, 2.05) is 0 Å². The van der Waals surface area contributed by atoms with Crippen LogP contribution in [0.4, 0.5) is 0 Å². The second kappa shape index (κ2) is 20.7. The van der Waals surface area contributed by atoms with Gasteiger partial charge in [0, 0.05) is 25.0 Å². The summed E-state index contributed by atoms with van der Waals surface area (Å²) in [6.45, 7) is 2.41. The summed E-state index contributed by atoms with van der Waals surface area (Å²) in [5, 5.41) is 18.0. The maximum absolute atomic E-state index is 11.7. The van der Waals surface area contributed by atoms with Gasteiger partial charge in [-0.3, -0.25) is 28.9 Å². The van der Waals surface area contributed by atoms with E-state index in [0.717, 1.165) is 17.7 Å². The van der Waals surface area contributed by atoms with Gasteiger partial charge in [0.05, 0.1) is 65.8 Å². The molecule has 2 saturated carbocycles. The van der Waals surface area contributed by atoms with Crippen LogP contribution in [0.25, 0.3) is 11.5 Å². The first-order chi connectivity index (χ1) is 20.1. The van der Waals surface area contributed by atoms with Crippen molar-refractivity contribution >= 4 is 29.7 Å². The minimum atomic E-state index is -1.87. The van der Waals surface area contributed by atoms with Crippen LogP contribution in [0.15, 0.2) is 12.2 Å². The Morgan fingerprint density at radius 2 is 1.19 bits per heavy atom. The number of carboxylic acids is 2. The Morgan fingerprint density at radius 3 is 1.60 bits per heavy atom. The normalized spacial score (nSPS) is 20.9. The first kappa shape index (κ1) is 38.8. The molecule has 0 aromatic rings. The first-order valence-corrected chi connectivity index (χ1v) is 14.0. The van der Waals surface area contributed by atoms with Crippen LogP contribution < -0.4 is 0 Å². The quantitative estimate of drug-likeness (QED) is 0.0875. The zero-order valence-electron chi connectivity index (χ0n) is 23.9. The molecule has 0 radical (unpaired) electrons. The molecule has 4 N–H and O–H groups in total. The largest absolute Gasteiger partial charge is 2.00 e. The van der Waals surface area contributed by atoms with Gasteiger partial charge in [0.2, 0.25) is 0 Å². The summed E-state index contributed by atoms with van der Waals surface area (Å²) < 4.78 is 26.2. The van der Waals surface area contributed by atoms with E-state index in [0.29, 0.717) is 33.0 Å². The molecule has 0 aromatic heterocycles. The molecular weight excluding hydrogens is 753 g/mol. The van der Waals surface area contributed by atoms with Crippen molar-refractivity contribution < 1.29 is 78.9 Å². The summed E-state index contributed by atoms with van der Waals surface area (Å²) >= 11 is 0. The Bertz CT molecular complexity index is 900. The van der Waals surface area contributed by atoms with Crippen LogP contribution in [0.5, 0.6) is 0 Å². The van der Waals surface area contributed by atoms with E-state index in [1.54, 1.807) is 0 Å². The Balaban J connectivity index is 0.000000885. The fraction of sp³-hybridized carbons (Fsp3) is 0.741. The van der Waals surface area contributed by atoms with Gasteiger partial charge in [-0.15, -0.1) is 0 Å². The first-order valence-electron chi connectivity index (χ1n) is 14.0. The van der Waals surface area contributed by atoms with E-state index in [4.69, 9.17) is 45.4 Å². The number of nitrogens with zero attached hydrogens (tertiary/aromatic N) is 1. The summed E-state index contributed by atoms with van der Waals surface area (Å²) in [5.41, 5.74) is 12.7. The van der Waals surface area contributed by atoms with Crippen molar-refractivity contribution in [1.29, 1.82) is 0 Å². The van der Waals surface area contributed by atoms with E-state index in [9.17, 15) is 24.0 Å². The molecular formula is C27H41N3O12Pt. The Kier molecular flexibility index (Phi) is 18.6.